The van der Waals surface area contributed by atoms with Crippen LogP contribution in [0.4, 0.5) is 23.7 Å². The molecule has 0 spiro atoms. The first kappa shape index (κ1) is 82.7. The van der Waals surface area contributed by atoms with Crippen molar-refractivity contribution in [1.82, 2.24) is 40.9 Å². The molecule has 1 saturated heterocycles. The predicted octanol–water partition coefficient (Wildman–Crippen LogP) is 8.19. The third kappa shape index (κ3) is 23.5. The number of nitrogens with zero attached hydrogens (tertiary/aromatic N) is 4. The molecule has 2 fully saturated rings. The van der Waals surface area contributed by atoms with E-state index < -0.39 is 138 Å². The summed E-state index contributed by atoms with van der Waals surface area (Å²) in [6.07, 6.45) is -0.160. The van der Waals surface area contributed by atoms with Crippen molar-refractivity contribution in [2.45, 2.75) is 232 Å². The van der Waals surface area contributed by atoms with Gasteiger partial charge in [0.15, 0.2) is 0 Å². The number of benzene rings is 2. The molecule has 0 radical (unpaired) electrons. The lowest BCUT2D eigenvalue weighted by Gasteiger charge is -2.41. The maximum Gasteiger partial charge on any atom is 0.410 e. The molecule has 99 heavy (non-hydrogen) atoms. The fraction of sp³-hybridized carbons (Fsp3) is 0.685. The number of alkyl halides is 3. The number of amides is 9. The summed E-state index contributed by atoms with van der Waals surface area (Å²) in [5.74, 6) is -5.92. The molecule has 0 aromatic heterocycles. The van der Waals surface area contributed by atoms with E-state index in [1.54, 1.807) is 109 Å². The number of ether oxygens (including phenoxy) is 3. The van der Waals surface area contributed by atoms with Crippen LogP contribution in [-0.2, 0) is 59.2 Å². The number of aliphatic hydroxyl groups is 1. The number of halogens is 3. The highest BCUT2D eigenvalue weighted by atomic mass is 19.4. The van der Waals surface area contributed by atoms with Crippen LogP contribution >= 0.6 is 0 Å². The second-order valence-corrected chi connectivity index (χ2v) is 28.4. The number of aliphatic hydroxyl groups excluding tert-OH is 1. The zero-order valence-electron chi connectivity index (χ0n) is 60.6. The van der Waals surface area contributed by atoms with Crippen LogP contribution in [0.15, 0.2) is 66.7 Å². The van der Waals surface area contributed by atoms with E-state index in [2.05, 4.69) is 26.6 Å². The van der Waals surface area contributed by atoms with Crippen LogP contribution in [0.3, 0.4) is 0 Å². The lowest BCUT2D eigenvalue weighted by atomic mass is 9.79. The highest BCUT2D eigenvalue weighted by molar-refractivity contribution is 6.12. The second kappa shape index (κ2) is 39.3. The molecule has 26 heteroatoms. The molecule has 2 aliphatic heterocycles. The number of hydrogen-bond donors (Lipinski definition) is 7. The number of methoxy groups -OCH3 is 2. The van der Waals surface area contributed by atoms with Crippen molar-refractivity contribution in [3.63, 3.8) is 0 Å². The number of rotatable bonds is 38. The normalized spacial score (nSPS) is 20.2. The van der Waals surface area contributed by atoms with Crippen molar-refractivity contribution < 1.29 is 75.6 Å². The minimum atomic E-state index is -4.72. The molecule has 2 aromatic carbocycles. The number of carbonyl (C=O) groups is 9. The van der Waals surface area contributed by atoms with Crippen LogP contribution in [0.25, 0.3) is 0 Å². The highest BCUT2D eigenvalue weighted by Crippen LogP contribution is 2.34. The van der Waals surface area contributed by atoms with Crippen LogP contribution < -0.4 is 32.3 Å². The second-order valence-electron chi connectivity index (χ2n) is 28.4. The Morgan fingerprint density at radius 2 is 1.33 bits per heavy atom. The summed E-state index contributed by atoms with van der Waals surface area (Å²) in [6, 6.07) is 7.07. The number of anilines is 1. The van der Waals surface area contributed by atoms with Gasteiger partial charge >= 0.3 is 12.3 Å². The number of hydrogen-bond acceptors (Lipinski definition) is 15. The Balaban J connectivity index is 1.21. The first-order chi connectivity index (χ1) is 46.8. The van der Waals surface area contributed by atoms with Crippen LogP contribution in [-0.4, -0.2) is 193 Å². The molecule has 23 nitrogen and oxygen atoms in total. The maximum absolute atomic E-state index is 14.9. The zero-order valence-corrected chi connectivity index (χ0v) is 60.6. The summed E-state index contributed by atoms with van der Waals surface area (Å²) in [4.78, 5) is 129. The van der Waals surface area contributed by atoms with Gasteiger partial charge in [-0.15, -0.1) is 0 Å². The molecule has 0 unspecified atom stereocenters. The molecule has 1 aliphatic carbocycles. The largest absolute Gasteiger partial charge is 0.445 e. The van der Waals surface area contributed by atoms with Crippen molar-refractivity contribution in [2.24, 2.45) is 47.2 Å². The Bertz CT molecular complexity index is 2970. The predicted molar refractivity (Wildman–Crippen MR) is 371 cm³/mol. The Morgan fingerprint density at radius 3 is 1.89 bits per heavy atom. The lowest BCUT2D eigenvalue weighted by Crippen LogP contribution is -2.60. The first-order valence-corrected chi connectivity index (χ1v) is 35.4. The number of likely N-dealkylation sites (tertiary alicyclic amines) is 1. The smallest absolute Gasteiger partial charge is 0.410 e. The molecule has 5 rings (SSSR count). The molecule has 2 heterocycles. The number of carbonyl (C=O) groups excluding carboxylic acids is 9. The Kier molecular flexibility index (Phi) is 32.8. The SMILES string of the molecule is CC[C@H](C)[C@@H]([C@@H](CC(=O)N1CCC[C@H]1[C@H](OC)[C@@H](C)C(=O)N[C@H](C)[C@@H](O)c1ccccc1)OC)N(C)C(=O)[C@@H](NC(=O)[C@H](C(C)C)N(C)C(=O)OCc1ccc(NC(=O)[C@H](CC2CCC(CN)CC2)NC(=O)[C@@H](N[C@H](CCCCCN2C(=O)C=CC2=O)C(F)(F)F)C(C)C)cc1)C(C)C. The third-order valence-electron chi connectivity index (χ3n) is 20.2. The Morgan fingerprint density at radius 1 is 0.717 bits per heavy atom. The van der Waals surface area contributed by atoms with Gasteiger partial charge in [0.1, 0.15) is 30.8 Å². The monoisotopic (exact) mass is 1390 g/mol. The number of nitrogens with one attached hydrogen (secondary N) is 5. The van der Waals surface area contributed by atoms with E-state index in [0.29, 0.717) is 67.9 Å². The zero-order chi connectivity index (χ0) is 73.6. The summed E-state index contributed by atoms with van der Waals surface area (Å²) in [5.41, 5.74) is 7.47. The minimum Gasteiger partial charge on any atom is -0.445 e. The van der Waals surface area contributed by atoms with Gasteiger partial charge in [0.05, 0.1) is 54.8 Å². The van der Waals surface area contributed by atoms with Crippen LogP contribution in [0, 0.1) is 41.4 Å². The molecular weight excluding hydrogens is 1280 g/mol. The first-order valence-electron chi connectivity index (χ1n) is 35.4. The van der Waals surface area contributed by atoms with E-state index in [-0.39, 0.29) is 62.5 Å². The summed E-state index contributed by atoms with van der Waals surface area (Å²) >= 11 is 0. The van der Waals surface area contributed by atoms with E-state index in [1.165, 1.54) is 26.2 Å². The summed E-state index contributed by atoms with van der Waals surface area (Å²) in [6.45, 7) is 18.5. The van der Waals surface area contributed by atoms with Crippen molar-refractivity contribution in [3.8, 4) is 0 Å². The van der Waals surface area contributed by atoms with Crippen LogP contribution in [0.1, 0.15) is 170 Å². The van der Waals surface area contributed by atoms with Gasteiger partial charge in [-0.1, -0.05) is 137 Å². The molecule has 3 aliphatic rings. The van der Waals surface area contributed by atoms with Gasteiger partial charge < -0.3 is 56.1 Å². The topological polar surface area (TPSA) is 301 Å². The molecule has 0 bridgehead atoms. The average molecular weight is 1400 g/mol. The quantitative estimate of drug-likeness (QED) is 0.0246. The molecule has 9 amide bonds. The summed E-state index contributed by atoms with van der Waals surface area (Å²) in [5, 5.41) is 25.1. The summed E-state index contributed by atoms with van der Waals surface area (Å²) in [7, 11) is 6.07. The van der Waals surface area contributed by atoms with Crippen molar-refractivity contribution >= 4 is 59.0 Å². The fourth-order valence-corrected chi connectivity index (χ4v) is 14.0. The van der Waals surface area contributed by atoms with Crippen molar-refractivity contribution in [2.75, 3.05) is 53.3 Å². The lowest BCUT2D eigenvalue weighted by molar-refractivity contribution is -0.161. The Labute approximate surface area is 583 Å². The van der Waals surface area contributed by atoms with E-state index in [9.17, 15) is 61.4 Å². The van der Waals surface area contributed by atoms with Crippen molar-refractivity contribution in [3.05, 3.63) is 77.9 Å². The number of unbranched alkanes of at least 4 members (excludes halogenated alkanes) is 2. The third-order valence-corrected chi connectivity index (χ3v) is 20.2. The van der Waals surface area contributed by atoms with Gasteiger partial charge in [-0.25, -0.2) is 4.79 Å². The van der Waals surface area contributed by atoms with Gasteiger partial charge in [-0.05, 0) is 117 Å². The van der Waals surface area contributed by atoms with Crippen molar-refractivity contribution in [1.29, 1.82) is 0 Å². The van der Waals surface area contributed by atoms with E-state index in [0.717, 1.165) is 42.7 Å². The maximum atomic E-state index is 14.9. The molecule has 1 saturated carbocycles. The number of imide groups is 1. The standard InChI is InChI=1S/C73H113F3N10O13/c1-15-46(8)64(56(97-13)40-60(89)85-38-22-25-55(85)66(98-14)47(9)67(91)78-48(10)65(90)52-23-18-16-19-24-52)83(11)71(95)62(44(4)5)82-70(94)63(45(6)7)84(12)72(96)99-42-51-31-33-53(34-32-51)79-68(92)54(39-49-27-29-50(41-77)30-28-49)80-69(93)61(43(2)3)81-57(73(74,75)76)26-20-17-21-37-86-58(87)35-36-59(86)88/h16,18-19,23-24,31-36,43-50,54-57,61-66,81,90H,15,17,20-22,25-30,37-42,77H2,1-14H3,(H,78,91)(H,79,92)(H,80,93)(H,82,94)/t46-,47+,48+,49?,50?,54-,55-,56+,57+,61-,62-,63-,64-,65+,66+/m0/s1. The molecule has 13 atom stereocenters. The highest BCUT2D eigenvalue weighted by Gasteiger charge is 2.46. The summed E-state index contributed by atoms with van der Waals surface area (Å²) < 4.78 is 61.5. The molecule has 554 valence electrons. The van der Waals surface area contributed by atoms with Gasteiger partial charge in [0.2, 0.25) is 35.4 Å². The van der Waals surface area contributed by atoms with E-state index in [1.807, 2.05) is 32.0 Å². The van der Waals surface area contributed by atoms with Crippen LogP contribution in [0.5, 0.6) is 0 Å². The van der Waals surface area contributed by atoms with Gasteiger partial charge in [0.25, 0.3) is 11.8 Å². The Hall–Kier alpha value is -7.00. The average Bonchev–Trinajstić information content (AvgIpc) is 1.79. The molecular formula is C73H113F3N10O13. The minimum absolute atomic E-state index is 0.0214. The number of likely N-dealkylation sites (N-methyl/N-ethyl adjacent to an activating group) is 2. The fourth-order valence-electron chi connectivity index (χ4n) is 14.0. The van der Waals surface area contributed by atoms with E-state index >= 15 is 0 Å². The van der Waals surface area contributed by atoms with E-state index in [4.69, 9.17) is 19.9 Å². The van der Waals surface area contributed by atoms with Gasteiger partial charge in [-0.3, -0.25) is 53.5 Å². The number of nitrogens with two attached hydrogens (primary N) is 1. The molecule has 8 N–H and O–H groups in total. The van der Waals surface area contributed by atoms with Crippen LogP contribution in [0.2, 0.25) is 0 Å². The van der Waals surface area contributed by atoms with Gasteiger partial charge in [0, 0.05) is 59.2 Å². The molecule has 2 aromatic rings. The van der Waals surface area contributed by atoms with Gasteiger partial charge in [-0.2, -0.15) is 13.2 Å².